The highest BCUT2D eigenvalue weighted by molar-refractivity contribution is 7.99. The molecule has 0 unspecified atom stereocenters. The molecule has 8 nitrogen and oxygen atoms in total. The van der Waals surface area contributed by atoms with Gasteiger partial charge in [0.05, 0.1) is 24.1 Å². The number of hydrogen-bond acceptors (Lipinski definition) is 6. The summed E-state index contributed by atoms with van der Waals surface area (Å²) in [7, 11) is 0. The number of hydrogen-bond donors (Lipinski definition) is 1. The molecule has 0 aliphatic carbocycles. The van der Waals surface area contributed by atoms with Crippen LogP contribution in [0.5, 0.6) is 0 Å². The number of rotatable bonds is 8. The second-order valence-electron chi connectivity index (χ2n) is 8.28. The quantitative estimate of drug-likeness (QED) is 0.299. The van der Waals surface area contributed by atoms with Crippen LogP contribution in [0, 0.1) is 6.92 Å². The Kier molecular flexibility index (Phi) is 6.35. The number of aryl methyl sites for hydroxylation is 1. The molecule has 34 heavy (non-hydrogen) atoms. The standard InChI is InChI=1S/C25H25N5O3S/c1-17-20(9-12-33-17)23-27-28-25(30(23)15-18-7-3-2-4-8-18)34-16-22(31)19-13-21(26-14-19)24(32)29-10-5-6-11-29/h2-4,7-9,12-14,26H,5-6,10-11,15-16H2,1H3. The van der Waals surface area contributed by atoms with Crippen molar-refractivity contribution in [2.24, 2.45) is 0 Å². The molecule has 1 aliphatic rings. The molecular weight excluding hydrogens is 450 g/mol. The van der Waals surface area contributed by atoms with Crippen LogP contribution in [0.2, 0.25) is 0 Å². The third-order valence-corrected chi connectivity index (χ3v) is 6.93. The molecule has 3 aromatic heterocycles. The summed E-state index contributed by atoms with van der Waals surface area (Å²) in [4.78, 5) is 30.3. The molecule has 4 aromatic rings. The second kappa shape index (κ2) is 9.72. The topological polar surface area (TPSA) is 97.0 Å². The van der Waals surface area contributed by atoms with Crippen LogP contribution < -0.4 is 0 Å². The Bertz CT molecular complexity index is 1300. The van der Waals surface area contributed by atoms with E-state index in [0.29, 0.717) is 28.8 Å². The molecule has 1 saturated heterocycles. The lowest BCUT2D eigenvalue weighted by Crippen LogP contribution is -2.27. The second-order valence-corrected chi connectivity index (χ2v) is 9.22. The fraction of sp³-hybridized carbons (Fsp3) is 0.280. The van der Waals surface area contributed by atoms with Crippen molar-refractivity contribution in [1.82, 2.24) is 24.6 Å². The lowest BCUT2D eigenvalue weighted by Gasteiger charge is -2.13. The van der Waals surface area contributed by atoms with Crippen molar-refractivity contribution < 1.29 is 14.0 Å². The lowest BCUT2D eigenvalue weighted by atomic mass is 10.2. The first-order valence-electron chi connectivity index (χ1n) is 11.3. The minimum atomic E-state index is -0.0722. The number of amides is 1. The van der Waals surface area contributed by atoms with Gasteiger partial charge in [-0.3, -0.25) is 14.2 Å². The van der Waals surface area contributed by atoms with E-state index in [1.807, 2.05) is 52.8 Å². The zero-order valence-electron chi connectivity index (χ0n) is 18.9. The average molecular weight is 476 g/mol. The minimum absolute atomic E-state index is 0.0491. The monoisotopic (exact) mass is 475 g/mol. The van der Waals surface area contributed by atoms with E-state index < -0.39 is 0 Å². The Morgan fingerprint density at radius 3 is 2.65 bits per heavy atom. The number of aromatic amines is 1. The van der Waals surface area contributed by atoms with Crippen LogP contribution in [0.25, 0.3) is 11.4 Å². The molecule has 1 amide bonds. The predicted molar refractivity (Wildman–Crippen MR) is 129 cm³/mol. The number of aromatic nitrogens is 4. The van der Waals surface area contributed by atoms with Gasteiger partial charge in [-0.15, -0.1) is 10.2 Å². The Labute approximate surface area is 201 Å². The van der Waals surface area contributed by atoms with E-state index in [4.69, 9.17) is 4.42 Å². The molecule has 0 radical (unpaired) electrons. The molecule has 0 spiro atoms. The largest absolute Gasteiger partial charge is 0.469 e. The number of likely N-dealkylation sites (tertiary alicyclic amines) is 1. The normalized spacial score (nSPS) is 13.5. The lowest BCUT2D eigenvalue weighted by molar-refractivity contribution is 0.0787. The summed E-state index contributed by atoms with van der Waals surface area (Å²) in [6.07, 6.45) is 5.30. The van der Waals surface area contributed by atoms with Crippen molar-refractivity contribution in [3.63, 3.8) is 0 Å². The Morgan fingerprint density at radius 1 is 1.12 bits per heavy atom. The first-order chi connectivity index (χ1) is 16.6. The molecule has 1 N–H and O–H groups in total. The summed E-state index contributed by atoms with van der Waals surface area (Å²) in [6.45, 7) is 4.00. The van der Waals surface area contributed by atoms with Gasteiger partial charge in [0.15, 0.2) is 16.8 Å². The molecular formula is C25H25N5O3S. The third-order valence-electron chi connectivity index (χ3n) is 5.96. The highest BCUT2D eigenvalue weighted by Crippen LogP contribution is 2.28. The van der Waals surface area contributed by atoms with E-state index in [9.17, 15) is 9.59 Å². The van der Waals surface area contributed by atoms with Gasteiger partial charge in [0.2, 0.25) is 0 Å². The van der Waals surface area contributed by atoms with Crippen molar-refractivity contribution in [3.8, 4) is 11.4 Å². The fourth-order valence-electron chi connectivity index (χ4n) is 4.10. The first kappa shape index (κ1) is 22.2. The molecule has 1 aliphatic heterocycles. The van der Waals surface area contributed by atoms with Gasteiger partial charge in [0.25, 0.3) is 5.91 Å². The molecule has 4 heterocycles. The van der Waals surface area contributed by atoms with Crippen LogP contribution in [0.3, 0.4) is 0 Å². The van der Waals surface area contributed by atoms with E-state index in [2.05, 4.69) is 15.2 Å². The molecule has 1 fully saturated rings. The predicted octanol–water partition coefficient (Wildman–Crippen LogP) is 4.43. The van der Waals surface area contributed by atoms with Crippen LogP contribution in [-0.2, 0) is 6.54 Å². The van der Waals surface area contributed by atoms with E-state index in [1.54, 1.807) is 18.5 Å². The van der Waals surface area contributed by atoms with Crippen molar-refractivity contribution in [2.45, 2.75) is 31.5 Å². The SMILES string of the molecule is Cc1occc1-c1nnc(SCC(=O)c2c[nH]c(C(=O)N3CCCC3)c2)n1Cc1ccccc1. The van der Waals surface area contributed by atoms with E-state index >= 15 is 0 Å². The molecule has 0 saturated carbocycles. The van der Waals surface area contributed by atoms with Crippen molar-refractivity contribution in [2.75, 3.05) is 18.8 Å². The molecule has 0 atom stereocenters. The number of furan rings is 1. The average Bonchev–Trinajstić information content (AvgIpc) is 3.65. The number of nitrogens with zero attached hydrogens (tertiary/aromatic N) is 4. The maximum Gasteiger partial charge on any atom is 0.270 e. The number of thioether (sulfide) groups is 1. The Balaban J connectivity index is 1.33. The Morgan fingerprint density at radius 2 is 1.91 bits per heavy atom. The number of Topliss-reactive ketones (excluding diaryl/α,β-unsaturated/α-hetero) is 1. The van der Waals surface area contributed by atoms with Gasteiger partial charge < -0.3 is 14.3 Å². The van der Waals surface area contributed by atoms with Crippen molar-refractivity contribution >= 4 is 23.5 Å². The highest BCUT2D eigenvalue weighted by atomic mass is 32.2. The van der Waals surface area contributed by atoms with Gasteiger partial charge in [0.1, 0.15) is 11.5 Å². The number of nitrogens with one attached hydrogen (secondary N) is 1. The molecule has 1 aromatic carbocycles. The zero-order chi connectivity index (χ0) is 23.5. The van der Waals surface area contributed by atoms with Gasteiger partial charge in [-0.25, -0.2) is 0 Å². The van der Waals surface area contributed by atoms with Gasteiger partial charge in [-0.2, -0.15) is 0 Å². The summed E-state index contributed by atoms with van der Waals surface area (Å²) >= 11 is 1.34. The first-order valence-corrected chi connectivity index (χ1v) is 12.2. The minimum Gasteiger partial charge on any atom is -0.469 e. The zero-order valence-corrected chi connectivity index (χ0v) is 19.7. The number of ketones is 1. The van der Waals surface area contributed by atoms with Gasteiger partial charge >= 0.3 is 0 Å². The fourth-order valence-corrected chi connectivity index (χ4v) is 4.94. The summed E-state index contributed by atoms with van der Waals surface area (Å²) in [5.74, 6) is 1.53. The summed E-state index contributed by atoms with van der Waals surface area (Å²) in [6, 6.07) is 13.6. The van der Waals surface area contributed by atoms with E-state index in [0.717, 1.165) is 42.8 Å². The molecule has 5 rings (SSSR count). The summed E-state index contributed by atoms with van der Waals surface area (Å²) < 4.78 is 7.48. The maximum atomic E-state index is 12.9. The van der Waals surface area contributed by atoms with Crippen molar-refractivity contribution in [1.29, 1.82) is 0 Å². The number of carbonyl (C=O) groups excluding carboxylic acids is 2. The summed E-state index contributed by atoms with van der Waals surface area (Å²) in [5, 5.41) is 9.43. The number of H-pyrrole nitrogens is 1. The molecule has 9 heteroatoms. The highest BCUT2D eigenvalue weighted by Gasteiger charge is 2.23. The van der Waals surface area contributed by atoms with Crippen LogP contribution in [0.1, 0.15) is 45.0 Å². The number of benzene rings is 1. The van der Waals surface area contributed by atoms with Crippen LogP contribution >= 0.6 is 11.8 Å². The van der Waals surface area contributed by atoms with E-state index in [-0.39, 0.29) is 17.4 Å². The molecule has 0 bridgehead atoms. The third kappa shape index (κ3) is 4.56. The Hall–Kier alpha value is -3.59. The van der Waals surface area contributed by atoms with Crippen LogP contribution in [0.15, 0.2) is 64.5 Å². The van der Waals surface area contributed by atoms with Gasteiger partial charge in [-0.05, 0) is 37.5 Å². The van der Waals surface area contributed by atoms with Gasteiger partial charge in [-0.1, -0.05) is 42.1 Å². The number of carbonyl (C=O) groups is 2. The summed E-state index contributed by atoms with van der Waals surface area (Å²) in [5.41, 5.74) is 2.93. The maximum absolute atomic E-state index is 12.9. The van der Waals surface area contributed by atoms with Crippen LogP contribution in [-0.4, -0.2) is 55.2 Å². The van der Waals surface area contributed by atoms with Gasteiger partial charge in [0, 0.05) is 24.8 Å². The van der Waals surface area contributed by atoms with Crippen LogP contribution in [0.4, 0.5) is 0 Å². The van der Waals surface area contributed by atoms with Crippen molar-refractivity contribution in [3.05, 3.63) is 77.5 Å². The smallest absolute Gasteiger partial charge is 0.270 e. The van der Waals surface area contributed by atoms with E-state index in [1.165, 1.54) is 11.8 Å². The molecule has 174 valence electrons.